The van der Waals surface area contributed by atoms with E-state index in [1.165, 1.54) is 11.3 Å². The van der Waals surface area contributed by atoms with E-state index < -0.39 is 12.2 Å². The van der Waals surface area contributed by atoms with Gasteiger partial charge in [0.05, 0.1) is 5.00 Å². The van der Waals surface area contributed by atoms with E-state index in [-0.39, 0.29) is 0 Å². The standard InChI is InChI=1S/C5H5NO2S.CH3NO2/c7-5(8)6-4-2-1-3-9-4;2-1(3)4/h1-3,6H,(H,7,8);2H2,(H,3,4). The molecule has 1 heterocycles. The summed E-state index contributed by atoms with van der Waals surface area (Å²) in [6.07, 6.45) is -2.35. The maximum atomic E-state index is 9.96. The molecule has 0 spiro atoms. The summed E-state index contributed by atoms with van der Waals surface area (Å²) in [6, 6.07) is 3.49. The van der Waals surface area contributed by atoms with Gasteiger partial charge in [0.1, 0.15) is 0 Å². The molecule has 0 radical (unpaired) electrons. The van der Waals surface area contributed by atoms with E-state index in [0.29, 0.717) is 5.00 Å². The summed E-state index contributed by atoms with van der Waals surface area (Å²) in [6.45, 7) is 0. The van der Waals surface area contributed by atoms with Crippen LogP contribution in [-0.4, -0.2) is 22.4 Å². The van der Waals surface area contributed by atoms with Crippen molar-refractivity contribution in [3.63, 3.8) is 0 Å². The molecule has 13 heavy (non-hydrogen) atoms. The second kappa shape index (κ2) is 5.84. The maximum absolute atomic E-state index is 9.96. The first-order valence-corrected chi connectivity index (χ1v) is 3.92. The summed E-state index contributed by atoms with van der Waals surface area (Å²) >= 11 is 1.36. The number of nitrogens with two attached hydrogens (primary N) is 1. The van der Waals surface area contributed by atoms with Gasteiger partial charge in [0.2, 0.25) is 0 Å². The third kappa shape index (κ3) is 8.14. The Kier molecular flexibility index (Phi) is 5.05. The van der Waals surface area contributed by atoms with Crippen LogP contribution >= 0.6 is 11.3 Å². The van der Waals surface area contributed by atoms with Crippen molar-refractivity contribution in [2.45, 2.75) is 0 Å². The molecular weight excluding hydrogens is 196 g/mol. The molecule has 0 saturated heterocycles. The number of thiophene rings is 1. The highest BCUT2D eigenvalue weighted by atomic mass is 32.1. The average molecular weight is 204 g/mol. The van der Waals surface area contributed by atoms with Gasteiger partial charge in [-0.15, -0.1) is 11.3 Å². The zero-order valence-electron chi connectivity index (χ0n) is 6.43. The first-order valence-electron chi connectivity index (χ1n) is 3.04. The number of nitrogens with one attached hydrogen (secondary N) is 1. The van der Waals surface area contributed by atoms with Gasteiger partial charge in [-0.1, -0.05) is 0 Å². The van der Waals surface area contributed by atoms with Crippen molar-refractivity contribution in [2.24, 2.45) is 5.73 Å². The Morgan fingerprint density at radius 1 is 1.46 bits per heavy atom. The van der Waals surface area contributed by atoms with Crippen molar-refractivity contribution in [3.8, 4) is 0 Å². The molecular formula is C6H8N2O4S. The molecule has 2 amide bonds. The lowest BCUT2D eigenvalue weighted by Crippen LogP contribution is -2.04. The molecule has 1 aromatic rings. The average Bonchev–Trinajstić information content (AvgIpc) is 2.36. The molecule has 6 nitrogen and oxygen atoms in total. The molecule has 0 bridgehead atoms. The second-order valence-electron chi connectivity index (χ2n) is 1.75. The second-order valence-corrected chi connectivity index (χ2v) is 2.69. The van der Waals surface area contributed by atoms with Gasteiger partial charge in [-0.3, -0.25) is 5.32 Å². The minimum Gasteiger partial charge on any atom is -0.465 e. The van der Waals surface area contributed by atoms with E-state index in [9.17, 15) is 4.79 Å². The molecule has 1 rings (SSSR count). The fourth-order valence-electron chi connectivity index (χ4n) is 0.455. The minimum absolute atomic E-state index is 0.655. The van der Waals surface area contributed by atoms with Gasteiger partial charge in [0.25, 0.3) is 0 Å². The molecule has 0 unspecified atom stereocenters. The summed E-state index contributed by atoms with van der Waals surface area (Å²) in [4.78, 5) is 18.7. The van der Waals surface area contributed by atoms with Gasteiger partial charge in [0.15, 0.2) is 0 Å². The van der Waals surface area contributed by atoms with Gasteiger partial charge in [0, 0.05) is 0 Å². The van der Waals surface area contributed by atoms with E-state index in [2.05, 4.69) is 11.1 Å². The van der Waals surface area contributed by atoms with E-state index in [1.54, 1.807) is 12.1 Å². The monoisotopic (exact) mass is 204 g/mol. The SMILES string of the molecule is NC(=O)O.O=C(O)Nc1cccs1. The lowest BCUT2D eigenvalue weighted by Gasteiger charge is -1.90. The van der Waals surface area contributed by atoms with E-state index in [0.717, 1.165) is 0 Å². The van der Waals surface area contributed by atoms with Crippen LogP contribution in [0.3, 0.4) is 0 Å². The molecule has 0 fully saturated rings. The van der Waals surface area contributed by atoms with E-state index in [1.807, 2.05) is 5.38 Å². The van der Waals surface area contributed by atoms with Gasteiger partial charge in [-0.25, -0.2) is 9.59 Å². The molecule has 0 atom stereocenters. The van der Waals surface area contributed by atoms with Crippen LogP contribution in [0.25, 0.3) is 0 Å². The predicted molar refractivity (Wildman–Crippen MR) is 48.2 cm³/mol. The number of primary amides is 1. The largest absolute Gasteiger partial charge is 0.465 e. The van der Waals surface area contributed by atoms with Crippen molar-refractivity contribution < 1.29 is 19.8 Å². The highest BCUT2D eigenvalue weighted by Gasteiger charge is 1.95. The fourth-order valence-corrected chi connectivity index (χ4v) is 1.06. The normalized spacial score (nSPS) is 8.00. The number of anilines is 1. The zero-order chi connectivity index (χ0) is 10.3. The van der Waals surface area contributed by atoms with Crippen molar-refractivity contribution in [1.82, 2.24) is 0 Å². The van der Waals surface area contributed by atoms with Crippen molar-refractivity contribution in [3.05, 3.63) is 17.5 Å². The van der Waals surface area contributed by atoms with Crippen LogP contribution in [0.15, 0.2) is 17.5 Å². The number of rotatable bonds is 1. The van der Waals surface area contributed by atoms with Gasteiger partial charge < -0.3 is 15.9 Å². The molecule has 0 aliphatic carbocycles. The van der Waals surface area contributed by atoms with Crippen LogP contribution in [-0.2, 0) is 0 Å². The Morgan fingerprint density at radius 2 is 2.00 bits per heavy atom. The van der Waals surface area contributed by atoms with Crippen LogP contribution in [0.5, 0.6) is 0 Å². The number of hydrogen-bond acceptors (Lipinski definition) is 3. The zero-order valence-corrected chi connectivity index (χ0v) is 7.25. The Labute approximate surface area is 77.6 Å². The Balaban J connectivity index is 0.000000310. The molecule has 7 heteroatoms. The predicted octanol–water partition coefficient (Wildman–Crippen LogP) is 1.46. The Morgan fingerprint density at radius 3 is 2.31 bits per heavy atom. The first kappa shape index (κ1) is 11.2. The van der Waals surface area contributed by atoms with Crippen LogP contribution < -0.4 is 11.1 Å². The Hall–Kier alpha value is -1.76. The number of carboxylic acid groups (broad SMARTS) is 2. The molecule has 0 aromatic carbocycles. The van der Waals surface area contributed by atoms with Crippen molar-refractivity contribution in [1.29, 1.82) is 0 Å². The lowest BCUT2D eigenvalue weighted by molar-refractivity contribution is 0.205. The van der Waals surface area contributed by atoms with Crippen LogP contribution in [0, 0.1) is 0 Å². The summed E-state index contributed by atoms with van der Waals surface area (Å²) in [7, 11) is 0. The van der Waals surface area contributed by atoms with Gasteiger partial charge in [-0.2, -0.15) is 0 Å². The molecule has 5 N–H and O–H groups in total. The number of carbonyl (C=O) groups is 2. The van der Waals surface area contributed by atoms with Crippen molar-refractivity contribution in [2.75, 3.05) is 5.32 Å². The smallest absolute Gasteiger partial charge is 0.409 e. The molecule has 0 saturated carbocycles. The third-order valence-corrected chi connectivity index (χ3v) is 1.54. The first-order chi connectivity index (χ1) is 6.02. The maximum Gasteiger partial charge on any atom is 0.409 e. The number of hydrogen-bond donors (Lipinski definition) is 4. The summed E-state index contributed by atoms with van der Waals surface area (Å²) in [5, 5.41) is 20.1. The van der Waals surface area contributed by atoms with Crippen LogP contribution in [0.1, 0.15) is 0 Å². The van der Waals surface area contributed by atoms with E-state index in [4.69, 9.17) is 15.0 Å². The third-order valence-electron chi connectivity index (χ3n) is 0.751. The highest BCUT2D eigenvalue weighted by molar-refractivity contribution is 7.14. The van der Waals surface area contributed by atoms with Crippen molar-refractivity contribution >= 4 is 28.5 Å². The summed E-state index contributed by atoms with van der Waals surface area (Å²) in [5.41, 5.74) is 4.03. The summed E-state index contributed by atoms with van der Waals surface area (Å²) in [5.74, 6) is 0. The number of amides is 2. The van der Waals surface area contributed by atoms with E-state index >= 15 is 0 Å². The fraction of sp³-hybridized carbons (Fsp3) is 0. The molecule has 0 aliphatic rings. The minimum atomic E-state index is -1.33. The Bertz CT molecular complexity index is 268. The lowest BCUT2D eigenvalue weighted by atomic mass is 10.6. The van der Waals surface area contributed by atoms with Crippen LogP contribution in [0.4, 0.5) is 14.6 Å². The molecule has 1 aromatic heterocycles. The quantitative estimate of drug-likeness (QED) is 0.554. The highest BCUT2D eigenvalue weighted by Crippen LogP contribution is 2.13. The van der Waals surface area contributed by atoms with Gasteiger partial charge >= 0.3 is 12.2 Å². The summed E-state index contributed by atoms with van der Waals surface area (Å²) < 4.78 is 0. The van der Waals surface area contributed by atoms with Gasteiger partial charge in [-0.05, 0) is 17.5 Å². The molecule has 0 aliphatic heterocycles. The topological polar surface area (TPSA) is 113 Å². The van der Waals surface area contributed by atoms with Crippen LogP contribution in [0.2, 0.25) is 0 Å². The molecule has 72 valence electrons.